The summed E-state index contributed by atoms with van der Waals surface area (Å²) in [7, 11) is 1.64. The lowest BCUT2D eigenvalue weighted by Gasteiger charge is -2.19. The van der Waals surface area contributed by atoms with Crippen molar-refractivity contribution >= 4 is 5.96 Å². The number of hydrogen-bond acceptors (Lipinski definition) is 5. The molecule has 2 rings (SSSR count). The van der Waals surface area contributed by atoms with Gasteiger partial charge in [0.25, 0.3) is 0 Å². The van der Waals surface area contributed by atoms with Crippen LogP contribution in [0.1, 0.15) is 26.3 Å². The molecule has 0 saturated carbocycles. The predicted molar refractivity (Wildman–Crippen MR) is 111 cm³/mol. The fraction of sp³-hybridized carbons (Fsp3) is 0.429. The number of aliphatic imine (C=N–C) groups is 1. The van der Waals surface area contributed by atoms with Crippen LogP contribution in [0.2, 0.25) is 0 Å². The van der Waals surface area contributed by atoms with E-state index in [4.69, 9.17) is 14.2 Å². The number of pyridine rings is 1. The van der Waals surface area contributed by atoms with E-state index in [1.807, 2.05) is 57.2 Å². The highest BCUT2D eigenvalue weighted by Gasteiger charge is 2.09. The lowest BCUT2D eigenvalue weighted by Crippen LogP contribution is -2.41. The average Bonchev–Trinajstić information content (AvgIpc) is 2.71. The van der Waals surface area contributed by atoms with Crippen LogP contribution in [0.25, 0.3) is 0 Å². The molecule has 0 aliphatic carbocycles. The lowest BCUT2D eigenvalue weighted by atomic mass is 10.3. The zero-order valence-corrected chi connectivity index (χ0v) is 17.1. The van der Waals surface area contributed by atoms with Crippen molar-refractivity contribution in [2.75, 3.05) is 26.8 Å². The van der Waals surface area contributed by atoms with E-state index in [9.17, 15) is 0 Å². The van der Waals surface area contributed by atoms with E-state index in [0.29, 0.717) is 25.6 Å². The number of guanidine groups is 1. The first-order valence-corrected chi connectivity index (χ1v) is 9.55. The molecule has 7 heteroatoms. The molecule has 0 amide bonds. The smallest absolute Gasteiger partial charge is 0.213 e. The lowest BCUT2D eigenvalue weighted by molar-refractivity contribution is 0.213. The number of rotatable bonds is 10. The van der Waals surface area contributed by atoms with Gasteiger partial charge in [0.1, 0.15) is 6.10 Å². The van der Waals surface area contributed by atoms with E-state index >= 15 is 0 Å². The van der Waals surface area contributed by atoms with Crippen molar-refractivity contribution < 1.29 is 14.2 Å². The third-order valence-electron chi connectivity index (χ3n) is 3.81. The van der Waals surface area contributed by atoms with Gasteiger partial charge < -0.3 is 24.8 Å². The Bertz CT molecular complexity index is 752. The number of hydrogen-bond donors (Lipinski definition) is 2. The molecule has 0 spiro atoms. The largest absolute Gasteiger partial charge is 0.493 e. The van der Waals surface area contributed by atoms with Crippen molar-refractivity contribution in [2.45, 2.75) is 33.4 Å². The Balaban J connectivity index is 1.92. The number of nitrogens with zero attached hydrogens (tertiary/aromatic N) is 2. The first kappa shape index (κ1) is 21.3. The number of ether oxygens (including phenoxy) is 3. The third-order valence-corrected chi connectivity index (χ3v) is 3.81. The highest BCUT2D eigenvalue weighted by Crippen LogP contribution is 2.26. The summed E-state index contributed by atoms with van der Waals surface area (Å²) in [6.45, 7) is 8.46. The average molecular weight is 386 g/mol. The molecule has 0 bridgehead atoms. The van der Waals surface area contributed by atoms with Crippen LogP contribution in [0.4, 0.5) is 0 Å². The van der Waals surface area contributed by atoms with Gasteiger partial charge in [-0.05, 0) is 44.5 Å². The van der Waals surface area contributed by atoms with Crippen molar-refractivity contribution in [2.24, 2.45) is 4.99 Å². The van der Waals surface area contributed by atoms with Gasteiger partial charge in [-0.15, -0.1) is 0 Å². The van der Waals surface area contributed by atoms with E-state index in [1.165, 1.54) is 0 Å². The molecule has 2 N–H and O–H groups in total. The Morgan fingerprint density at radius 1 is 1.14 bits per heavy atom. The van der Waals surface area contributed by atoms with Crippen molar-refractivity contribution in [1.29, 1.82) is 0 Å². The van der Waals surface area contributed by atoms with E-state index < -0.39 is 0 Å². The van der Waals surface area contributed by atoms with Gasteiger partial charge in [0.15, 0.2) is 17.5 Å². The minimum absolute atomic E-state index is 0.0642. The second kappa shape index (κ2) is 11.7. The van der Waals surface area contributed by atoms with Gasteiger partial charge in [-0.25, -0.2) is 9.98 Å². The molecule has 0 saturated heterocycles. The summed E-state index contributed by atoms with van der Waals surface area (Å²) >= 11 is 0. The molecular formula is C21H30N4O3. The Hall–Kier alpha value is -2.96. The van der Waals surface area contributed by atoms with Crippen molar-refractivity contribution in [1.82, 2.24) is 15.6 Å². The van der Waals surface area contributed by atoms with Gasteiger partial charge in [0, 0.05) is 18.8 Å². The zero-order chi connectivity index (χ0) is 20.2. The number of nitrogens with one attached hydrogen (secondary N) is 2. The summed E-state index contributed by atoms with van der Waals surface area (Å²) in [5, 5.41) is 6.56. The minimum Gasteiger partial charge on any atom is -0.493 e. The quantitative estimate of drug-likeness (QED) is 0.483. The van der Waals surface area contributed by atoms with Gasteiger partial charge in [-0.3, -0.25) is 0 Å². The van der Waals surface area contributed by atoms with Crippen molar-refractivity contribution in [3.63, 3.8) is 0 Å². The molecule has 0 radical (unpaired) electrons. The van der Waals surface area contributed by atoms with Crippen LogP contribution in [-0.4, -0.2) is 43.9 Å². The van der Waals surface area contributed by atoms with Crippen LogP contribution >= 0.6 is 0 Å². The first-order chi connectivity index (χ1) is 13.7. The number of aromatic nitrogens is 1. The van der Waals surface area contributed by atoms with Crippen molar-refractivity contribution in [3.05, 3.63) is 48.2 Å². The molecule has 1 unspecified atom stereocenters. The predicted octanol–water partition coefficient (Wildman–Crippen LogP) is 3.01. The summed E-state index contributed by atoms with van der Waals surface area (Å²) < 4.78 is 16.7. The number of para-hydroxylation sites is 2. The fourth-order valence-electron chi connectivity index (χ4n) is 2.50. The third kappa shape index (κ3) is 6.98. The number of benzene rings is 1. The van der Waals surface area contributed by atoms with E-state index in [2.05, 4.69) is 20.6 Å². The topological polar surface area (TPSA) is 77.0 Å². The molecule has 1 aromatic carbocycles. The molecule has 0 aliphatic heterocycles. The summed E-state index contributed by atoms with van der Waals surface area (Å²) in [6.07, 6.45) is 1.67. The molecular weight excluding hydrogens is 356 g/mol. The molecule has 1 heterocycles. The Labute approximate surface area is 167 Å². The monoisotopic (exact) mass is 386 g/mol. The highest BCUT2D eigenvalue weighted by molar-refractivity contribution is 5.79. The molecule has 152 valence electrons. The summed E-state index contributed by atoms with van der Waals surface area (Å²) in [4.78, 5) is 8.81. The fourth-order valence-corrected chi connectivity index (χ4v) is 2.50. The minimum atomic E-state index is -0.0642. The molecule has 28 heavy (non-hydrogen) atoms. The maximum atomic E-state index is 5.98. The SMILES string of the molecule is CCNC(=NCc1ccnc(OCC)c1)NCC(C)Oc1ccccc1OC. The van der Waals surface area contributed by atoms with Crippen LogP contribution in [0.5, 0.6) is 17.4 Å². The van der Waals surface area contributed by atoms with E-state index in [-0.39, 0.29) is 6.10 Å². The van der Waals surface area contributed by atoms with E-state index in [1.54, 1.807) is 13.3 Å². The van der Waals surface area contributed by atoms with Crippen LogP contribution in [0.15, 0.2) is 47.6 Å². The Kier molecular flexibility index (Phi) is 8.91. The van der Waals surface area contributed by atoms with Crippen LogP contribution in [0.3, 0.4) is 0 Å². The summed E-state index contributed by atoms with van der Waals surface area (Å²) in [6, 6.07) is 11.5. The van der Waals surface area contributed by atoms with Gasteiger partial charge in [0.05, 0.1) is 26.8 Å². The standard InChI is InChI=1S/C21H30N4O3/c1-5-22-21(25-15-17-11-12-23-20(13-17)27-6-2)24-14-16(3)28-19-10-8-7-9-18(19)26-4/h7-13,16H,5-6,14-15H2,1-4H3,(H2,22,24,25). The van der Waals surface area contributed by atoms with Gasteiger partial charge in [0.2, 0.25) is 5.88 Å². The summed E-state index contributed by atoms with van der Waals surface area (Å²) in [5.74, 6) is 2.79. The summed E-state index contributed by atoms with van der Waals surface area (Å²) in [5.41, 5.74) is 1.04. The normalized spacial score (nSPS) is 12.2. The molecule has 2 aromatic rings. The highest BCUT2D eigenvalue weighted by atomic mass is 16.5. The van der Waals surface area contributed by atoms with Crippen LogP contribution in [0, 0.1) is 0 Å². The molecule has 1 aromatic heterocycles. The van der Waals surface area contributed by atoms with Gasteiger partial charge >= 0.3 is 0 Å². The molecule has 0 aliphatic rings. The van der Waals surface area contributed by atoms with Gasteiger partial charge in [-0.2, -0.15) is 0 Å². The Morgan fingerprint density at radius 2 is 1.93 bits per heavy atom. The zero-order valence-electron chi connectivity index (χ0n) is 17.1. The second-order valence-corrected chi connectivity index (χ2v) is 6.09. The van der Waals surface area contributed by atoms with Crippen LogP contribution in [-0.2, 0) is 6.54 Å². The number of methoxy groups -OCH3 is 1. The van der Waals surface area contributed by atoms with Crippen LogP contribution < -0.4 is 24.8 Å². The molecule has 1 atom stereocenters. The Morgan fingerprint density at radius 3 is 2.64 bits per heavy atom. The van der Waals surface area contributed by atoms with E-state index in [0.717, 1.165) is 29.6 Å². The maximum absolute atomic E-state index is 5.98. The first-order valence-electron chi connectivity index (χ1n) is 9.55. The maximum Gasteiger partial charge on any atom is 0.213 e. The van der Waals surface area contributed by atoms with Crippen molar-refractivity contribution in [3.8, 4) is 17.4 Å². The molecule has 7 nitrogen and oxygen atoms in total. The second-order valence-electron chi connectivity index (χ2n) is 6.09. The molecule has 0 fully saturated rings. The van der Waals surface area contributed by atoms with Gasteiger partial charge in [-0.1, -0.05) is 12.1 Å².